The first-order valence-corrected chi connectivity index (χ1v) is 8.31. The van der Waals surface area contributed by atoms with Crippen molar-refractivity contribution in [3.63, 3.8) is 0 Å². The van der Waals surface area contributed by atoms with E-state index in [0.29, 0.717) is 5.02 Å². The van der Waals surface area contributed by atoms with Crippen molar-refractivity contribution in [3.8, 4) is 11.5 Å². The number of halogens is 2. The number of imide groups is 2. The number of barbiturate groups is 1. The number of rotatable bonds is 3. The Kier molecular flexibility index (Phi) is 5.07. The van der Waals surface area contributed by atoms with Crippen molar-refractivity contribution in [2.45, 2.75) is 0 Å². The van der Waals surface area contributed by atoms with E-state index in [1.54, 1.807) is 0 Å². The third kappa shape index (κ3) is 3.60. The van der Waals surface area contributed by atoms with Crippen LogP contribution in [0.25, 0.3) is 6.08 Å². The number of carbonyl (C=O) groups is 3. The fourth-order valence-electron chi connectivity index (χ4n) is 2.50. The van der Waals surface area contributed by atoms with Crippen molar-refractivity contribution in [2.75, 3.05) is 12.0 Å². The number of ether oxygens (including phenoxy) is 1. The predicted molar refractivity (Wildman–Crippen MR) is 100 cm³/mol. The molecular weight excluding hydrogens is 395 g/mol. The molecule has 0 saturated carbocycles. The summed E-state index contributed by atoms with van der Waals surface area (Å²) in [6, 6.07) is 7.79. The minimum atomic E-state index is -0.895. The van der Waals surface area contributed by atoms with Crippen LogP contribution in [0.5, 0.6) is 11.5 Å². The van der Waals surface area contributed by atoms with E-state index >= 15 is 0 Å². The quantitative estimate of drug-likeness (QED) is 0.601. The maximum absolute atomic E-state index is 12.8. The van der Waals surface area contributed by atoms with E-state index in [2.05, 4.69) is 5.32 Å². The lowest BCUT2D eigenvalue weighted by molar-refractivity contribution is -0.122. The standard InChI is InChI=1S/C18H12Cl2N2O5/c1-27-14-8-11(20)6-9(15(14)23)7-13-16(24)21-18(26)22(17(13)25)12-4-2-10(19)3-5-12/h2-8,23H,1H3,(H,21,24,26)/b13-7+. The Morgan fingerprint density at radius 1 is 1.07 bits per heavy atom. The van der Waals surface area contributed by atoms with Crippen LogP contribution in [0.2, 0.25) is 10.0 Å². The van der Waals surface area contributed by atoms with Crippen molar-refractivity contribution in [1.82, 2.24) is 5.32 Å². The van der Waals surface area contributed by atoms with Crippen LogP contribution in [-0.2, 0) is 9.59 Å². The zero-order valence-corrected chi connectivity index (χ0v) is 15.3. The second-order valence-electron chi connectivity index (χ2n) is 5.48. The number of carbonyl (C=O) groups excluding carboxylic acids is 3. The summed E-state index contributed by atoms with van der Waals surface area (Å²) >= 11 is 11.8. The Balaban J connectivity index is 2.07. The van der Waals surface area contributed by atoms with Crippen molar-refractivity contribution >= 4 is 52.8 Å². The topological polar surface area (TPSA) is 95.9 Å². The number of benzene rings is 2. The molecule has 7 nitrogen and oxygen atoms in total. The second kappa shape index (κ2) is 7.30. The number of hydrogen-bond acceptors (Lipinski definition) is 5. The average Bonchev–Trinajstić information content (AvgIpc) is 2.62. The summed E-state index contributed by atoms with van der Waals surface area (Å²) in [6.45, 7) is 0. The first-order valence-electron chi connectivity index (χ1n) is 7.55. The van der Waals surface area contributed by atoms with E-state index in [9.17, 15) is 19.5 Å². The van der Waals surface area contributed by atoms with Crippen molar-refractivity contribution in [1.29, 1.82) is 0 Å². The number of aromatic hydroxyl groups is 1. The molecule has 0 radical (unpaired) electrons. The monoisotopic (exact) mass is 406 g/mol. The molecular formula is C18H12Cl2N2O5. The number of nitrogens with zero attached hydrogens (tertiary/aromatic N) is 1. The second-order valence-corrected chi connectivity index (χ2v) is 6.35. The number of methoxy groups -OCH3 is 1. The highest BCUT2D eigenvalue weighted by atomic mass is 35.5. The summed E-state index contributed by atoms with van der Waals surface area (Å²) < 4.78 is 5.00. The van der Waals surface area contributed by atoms with Crippen LogP contribution < -0.4 is 15.0 Å². The van der Waals surface area contributed by atoms with Gasteiger partial charge in [-0.1, -0.05) is 23.2 Å². The molecule has 0 unspecified atom stereocenters. The molecule has 0 aromatic heterocycles. The number of anilines is 1. The summed E-state index contributed by atoms with van der Waals surface area (Å²) in [4.78, 5) is 37.9. The van der Waals surface area contributed by atoms with Crippen LogP contribution in [0.1, 0.15) is 5.56 Å². The molecule has 9 heteroatoms. The van der Waals surface area contributed by atoms with Gasteiger partial charge in [-0.05, 0) is 36.4 Å². The molecule has 4 amide bonds. The first-order chi connectivity index (χ1) is 12.8. The molecule has 2 aromatic carbocycles. The zero-order valence-electron chi connectivity index (χ0n) is 13.8. The molecule has 2 N–H and O–H groups in total. The molecule has 138 valence electrons. The normalized spacial score (nSPS) is 15.9. The highest BCUT2D eigenvalue weighted by molar-refractivity contribution is 6.39. The van der Waals surface area contributed by atoms with Gasteiger partial charge in [-0.15, -0.1) is 0 Å². The molecule has 1 fully saturated rings. The summed E-state index contributed by atoms with van der Waals surface area (Å²) in [6.07, 6.45) is 1.14. The molecule has 2 aromatic rings. The summed E-state index contributed by atoms with van der Waals surface area (Å²) in [5.74, 6) is -1.98. The number of nitrogens with one attached hydrogen (secondary N) is 1. The lowest BCUT2D eigenvalue weighted by Gasteiger charge is -2.26. The van der Waals surface area contributed by atoms with E-state index < -0.39 is 17.8 Å². The molecule has 0 aliphatic carbocycles. The van der Waals surface area contributed by atoms with E-state index in [1.165, 1.54) is 43.5 Å². The number of amides is 4. The van der Waals surface area contributed by atoms with Gasteiger partial charge in [0.25, 0.3) is 11.8 Å². The summed E-state index contributed by atoms with van der Waals surface area (Å²) in [5.41, 5.74) is -0.0411. The Labute approximate surface area is 163 Å². The van der Waals surface area contributed by atoms with Gasteiger partial charge in [0.15, 0.2) is 11.5 Å². The van der Waals surface area contributed by atoms with Gasteiger partial charge >= 0.3 is 6.03 Å². The Bertz CT molecular complexity index is 986. The lowest BCUT2D eigenvalue weighted by atomic mass is 10.1. The molecule has 1 aliphatic rings. The molecule has 1 saturated heterocycles. The van der Waals surface area contributed by atoms with E-state index in [-0.39, 0.29) is 33.3 Å². The van der Waals surface area contributed by atoms with Gasteiger partial charge in [-0.3, -0.25) is 14.9 Å². The van der Waals surface area contributed by atoms with Gasteiger partial charge in [0, 0.05) is 21.7 Å². The molecule has 1 heterocycles. The van der Waals surface area contributed by atoms with Crippen LogP contribution in [-0.4, -0.2) is 30.1 Å². The average molecular weight is 407 g/mol. The third-order valence-corrected chi connectivity index (χ3v) is 4.25. The lowest BCUT2D eigenvalue weighted by Crippen LogP contribution is -2.54. The van der Waals surface area contributed by atoms with Crippen molar-refractivity contribution < 1.29 is 24.2 Å². The highest BCUT2D eigenvalue weighted by Gasteiger charge is 2.37. The molecule has 0 spiro atoms. The number of urea groups is 1. The SMILES string of the molecule is COc1cc(Cl)cc(/C=C2\C(=O)NC(=O)N(c3ccc(Cl)cc3)C2=O)c1O. The van der Waals surface area contributed by atoms with E-state index in [1.807, 2.05) is 0 Å². The van der Waals surface area contributed by atoms with Gasteiger partial charge in [0.05, 0.1) is 12.8 Å². The fraction of sp³-hybridized carbons (Fsp3) is 0.0556. The van der Waals surface area contributed by atoms with Gasteiger partial charge in [-0.25, -0.2) is 9.69 Å². The highest BCUT2D eigenvalue weighted by Crippen LogP contribution is 2.35. The van der Waals surface area contributed by atoms with Gasteiger partial charge < -0.3 is 9.84 Å². The van der Waals surface area contributed by atoms with E-state index in [0.717, 1.165) is 11.0 Å². The maximum atomic E-state index is 12.8. The van der Waals surface area contributed by atoms with Crippen LogP contribution in [0.4, 0.5) is 10.5 Å². The van der Waals surface area contributed by atoms with Crippen LogP contribution in [0.3, 0.4) is 0 Å². The molecule has 27 heavy (non-hydrogen) atoms. The van der Waals surface area contributed by atoms with E-state index in [4.69, 9.17) is 27.9 Å². The van der Waals surface area contributed by atoms with Gasteiger partial charge in [-0.2, -0.15) is 0 Å². The van der Waals surface area contributed by atoms with Crippen molar-refractivity contribution in [3.05, 3.63) is 57.6 Å². The minimum absolute atomic E-state index is 0.0728. The zero-order chi connectivity index (χ0) is 19.7. The summed E-state index contributed by atoms with van der Waals surface area (Å²) in [7, 11) is 1.34. The fourth-order valence-corrected chi connectivity index (χ4v) is 2.84. The first kappa shape index (κ1) is 18.8. The van der Waals surface area contributed by atoms with Crippen LogP contribution in [0, 0.1) is 0 Å². The Morgan fingerprint density at radius 2 is 1.74 bits per heavy atom. The number of phenolic OH excluding ortho intramolecular Hbond substituents is 1. The number of phenols is 1. The van der Waals surface area contributed by atoms with Gasteiger partial charge in [0.2, 0.25) is 0 Å². The van der Waals surface area contributed by atoms with Crippen molar-refractivity contribution in [2.24, 2.45) is 0 Å². The third-order valence-electron chi connectivity index (χ3n) is 3.78. The molecule has 0 bridgehead atoms. The van der Waals surface area contributed by atoms with Gasteiger partial charge in [0.1, 0.15) is 5.57 Å². The smallest absolute Gasteiger partial charge is 0.335 e. The minimum Gasteiger partial charge on any atom is -0.504 e. The van der Waals surface area contributed by atoms with Crippen LogP contribution in [0.15, 0.2) is 42.0 Å². The Morgan fingerprint density at radius 3 is 2.37 bits per heavy atom. The molecule has 1 aliphatic heterocycles. The molecule has 3 rings (SSSR count). The van der Waals surface area contributed by atoms with Crippen LogP contribution >= 0.6 is 23.2 Å². The largest absolute Gasteiger partial charge is 0.504 e. The maximum Gasteiger partial charge on any atom is 0.335 e. The number of hydrogen-bond donors (Lipinski definition) is 2. The molecule has 0 atom stereocenters. The summed E-state index contributed by atoms with van der Waals surface area (Å²) in [5, 5.41) is 13.0. The Hall–Kier alpha value is -3.03. The predicted octanol–water partition coefficient (Wildman–Crippen LogP) is 3.37.